The minimum Gasteiger partial charge on any atom is -0.302 e. The van der Waals surface area contributed by atoms with E-state index in [9.17, 15) is 4.39 Å². The molecule has 1 saturated heterocycles. The molecule has 1 aliphatic rings. The molecule has 0 amide bonds. The van der Waals surface area contributed by atoms with E-state index in [1.807, 2.05) is 0 Å². The monoisotopic (exact) mass is 245 g/mol. The molecule has 0 saturated carbocycles. The molecule has 1 nitrogen and oxygen atoms in total. The van der Waals surface area contributed by atoms with Gasteiger partial charge in [0.2, 0.25) is 0 Å². The first-order chi connectivity index (χ1) is 7.18. The van der Waals surface area contributed by atoms with Crippen LogP contribution in [0.5, 0.6) is 0 Å². The number of nitrogens with one attached hydrogen (secondary N) is 1. The fourth-order valence-electron chi connectivity index (χ4n) is 1.67. The number of rotatable bonds is 1. The third kappa shape index (κ3) is 2.47. The minimum atomic E-state index is -0.293. The van der Waals surface area contributed by atoms with Crippen LogP contribution in [-0.4, -0.2) is 11.8 Å². The zero-order valence-electron chi connectivity index (χ0n) is 8.47. The van der Waals surface area contributed by atoms with E-state index >= 15 is 0 Å². The Kier molecular flexibility index (Phi) is 3.54. The summed E-state index contributed by atoms with van der Waals surface area (Å²) in [6.45, 7) is 3.10. The highest BCUT2D eigenvalue weighted by molar-refractivity contribution is 8.00. The lowest BCUT2D eigenvalue weighted by molar-refractivity contribution is 0.561. The normalized spacial score (nSPS) is 26.6. The highest BCUT2D eigenvalue weighted by Gasteiger charge is 2.23. The molecule has 4 heteroatoms. The fourth-order valence-corrected chi connectivity index (χ4v) is 3.12. The summed E-state index contributed by atoms with van der Waals surface area (Å²) in [4.78, 5) is 0. The van der Waals surface area contributed by atoms with Gasteiger partial charge in [-0.15, -0.1) is 11.8 Å². The minimum absolute atomic E-state index is 0.0347. The van der Waals surface area contributed by atoms with Crippen molar-refractivity contribution in [3.05, 3.63) is 34.6 Å². The van der Waals surface area contributed by atoms with Gasteiger partial charge in [0.25, 0.3) is 0 Å². The average molecular weight is 246 g/mol. The second kappa shape index (κ2) is 4.73. The molecule has 0 radical (unpaired) electrons. The Morgan fingerprint density at radius 3 is 3.07 bits per heavy atom. The maximum atomic E-state index is 13.7. The Labute approximate surface area is 98.4 Å². The van der Waals surface area contributed by atoms with Crippen molar-refractivity contribution in [2.75, 3.05) is 6.54 Å². The van der Waals surface area contributed by atoms with E-state index in [0.29, 0.717) is 10.8 Å². The standard InChI is InChI=1S/C11H13ClFNS/c1-7-5-6-14-11(15-7)8-3-2-4-9(12)10(8)13/h2-4,7,11,14H,5-6H2,1H3. The zero-order chi connectivity index (χ0) is 10.8. The first-order valence-electron chi connectivity index (χ1n) is 5.01. The summed E-state index contributed by atoms with van der Waals surface area (Å²) in [5.74, 6) is -0.293. The molecule has 1 N–H and O–H groups in total. The zero-order valence-corrected chi connectivity index (χ0v) is 10.0. The van der Waals surface area contributed by atoms with Crippen LogP contribution in [0.3, 0.4) is 0 Å². The average Bonchev–Trinajstić information content (AvgIpc) is 2.22. The van der Waals surface area contributed by atoms with E-state index in [2.05, 4.69) is 12.2 Å². The summed E-state index contributed by atoms with van der Waals surface area (Å²) in [6, 6.07) is 5.17. The SMILES string of the molecule is CC1CCNC(c2cccc(Cl)c2F)S1. The molecule has 15 heavy (non-hydrogen) atoms. The molecule has 0 bridgehead atoms. The number of thioether (sulfide) groups is 1. The molecule has 2 unspecified atom stereocenters. The first-order valence-corrected chi connectivity index (χ1v) is 6.33. The smallest absolute Gasteiger partial charge is 0.147 e. The molecular formula is C11H13ClFNS. The molecule has 82 valence electrons. The first kappa shape index (κ1) is 11.2. The number of hydrogen-bond donors (Lipinski definition) is 1. The lowest BCUT2D eigenvalue weighted by atomic mass is 10.2. The quantitative estimate of drug-likeness (QED) is 0.812. The van der Waals surface area contributed by atoms with Gasteiger partial charge < -0.3 is 5.32 Å². The van der Waals surface area contributed by atoms with E-state index in [0.717, 1.165) is 13.0 Å². The van der Waals surface area contributed by atoms with Gasteiger partial charge in [-0.1, -0.05) is 30.7 Å². The van der Waals surface area contributed by atoms with Gasteiger partial charge in [-0.2, -0.15) is 0 Å². The molecule has 2 atom stereocenters. The molecule has 1 heterocycles. The van der Waals surface area contributed by atoms with Gasteiger partial charge in [0.05, 0.1) is 10.4 Å². The van der Waals surface area contributed by atoms with Gasteiger partial charge in [0.15, 0.2) is 0 Å². The van der Waals surface area contributed by atoms with E-state index in [1.165, 1.54) is 0 Å². The van der Waals surface area contributed by atoms with Crippen LogP contribution in [0.2, 0.25) is 5.02 Å². The van der Waals surface area contributed by atoms with Crippen LogP contribution in [0.4, 0.5) is 4.39 Å². The van der Waals surface area contributed by atoms with E-state index < -0.39 is 0 Å². The van der Waals surface area contributed by atoms with Crippen molar-refractivity contribution >= 4 is 23.4 Å². The van der Waals surface area contributed by atoms with E-state index in [4.69, 9.17) is 11.6 Å². The molecule has 2 rings (SSSR count). The summed E-state index contributed by atoms with van der Waals surface area (Å²) >= 11 is 7.51. The highest BCUT2D eigenvalue weighted by atomic mass is 35.5. The van der Waals surface area contributed by atoms with Gasteiger partial charge in [-0.05, 0) is 19.0 Å². The molecule has 1 aromatic carbocycles. The van der Waals surface area contributed by atoms with Gasteiger partial charge >= 0.3 is 0 Å². The summed E-state index contributed by atoms with van der Waals surface area (Å²) in [5, 5.41) is 4.10. The van der Waals surface area contributed by atoms with Crippen molar-refractivity contribution in [3.8, 4) is 0 Å². The number of hydrogen-bond acceptors (Lipinski definition) is 2. The van der Waals surface area contributed by atoms with Gasteiger partial charge in [0, 0.05) is 10.8 Å². The molecule has 1 aliphatic heterocycles. The molecule has 0 aliphatic carbocycles. The van der Waals surface area contributed by atoms with Gasteiger partial charge in [-0.25, -0.2) is 4.39 Å². The molecular weight excluding hydrogens is 233 g/mol. The van der Waals surface area contributed by atoms with E-state index in [-0.39, 0.29) is 16.2 Å². The van der Waals surface area contributed by atoms with Gasteiger partial charge in [-0.3, -0.25) is 0 Å². The second-order valence-electron chi connectivity index (χ2n) is 3.71. The second-order valence-corrected chi connectivity index (χ2v) is 5.67. The van der Waals surface area contributed by atoms with Crippen LogP contribution in [0.25, 0.3) is 0 Å². The van der Waals surface area contributed by atoms with Crippen molar-refractivity contribution in [2.24, 2.45) is 0 Å². The largest absolute Gasteiger partial charge is 0.302 e. The summed E-state index contributed by atoms with van der Waals surface area (Å²) < 4.78 is 13.7. The van der Waals surface area contributed by atoms with Crippen LogP contribution in [-0.2, 0) is 0 Å². The maximum absolute atomic E-state index is 13.7. The molecule has 1 fully saturated rings. The Morgan fingerprint density at radius 1 is 1.53 bits per heavy atom. The van der Waals surface area contributed by atoms with Crippen LogP contribution < -0.4 is 5.32 Å². The van der Waals surface area contributed by atoms with Crippen molar-refractivity contribution in [1.82, 2.24) is 5.32 Å². The van der Waals surface area contributed by atoms with Crippen LogP contribution in [0, 0.1) is 5.82 Å². The Balaban J connectivity index is 2.24. The topological polar surface area (TPSA) is 12.0 Å². The van der Waals surface area contributed by atoms with Crippen molar-refractivity contribution in [3.63, 3.8) is 0 Å². The number of halogens is 2. The van der Waals surface area contributed by atoms with Crippen LogP contribution in [0.1, 0.15) is 24.3 Å². The Morgan fingerprint density at radius 2 is 2.33 bits per heavy atom. The summed E-state index contributed by atoms with van der Waals surface area (Å²) in [7, 11) is 0. The molecule has 0 spiro atoms. The predicted molar refractivity (Wildman–Crippen MR) is 63.8 cm³/mol. The third-order valence-corrected chi connectivity index (χ3v) is 4.20. The Hall–Kier alpha value is -0.250. The number of benzene rings is 1. The summed E-state index contributed by atoms with van der Waals surface area (Å²) in [6.07, 6.45) is 1.13. The molecule has 0 aromatic heterocycles. The predicted octanol–water partition coefficient (Wildman–Crippen LogP) is 3.59. The fraction of sp³-hybridized carbons (Fsp3) is 0.455. The van der Waals surface area contributed by atoms with Crippen molar-refractivity contribution in [1.29, 1.82) is 0 Å². The van der Waals surface area contributed by atoms with Crippen LogP contribution >= 0.6 is 23.4 Å². The third-order valence-electron chi connectivity index (χ3n) is 2.51. The maximum Gasteiger partial charge on any atom is 0.147 e. The van der Waals surface area contributed by atoms with Gasteiger partial charge in [0.1, 0.15) is 5.82 Å². The lowest BCUT2D eigenvalue weighted by Gasteiger charge is -2.28. The highest BCUT2D eigenvalue weighted by Crippen LogP contribution is 2.36. The Bertz CT molecular complexity index is 358. The van der Waals surface area contributed by atoms with E-state index in [1.54, 1.807) is 30.0 Å². The summed E-state index contributed by atoms with van der Waals surface area (Å²) in [5.41, 5.74) is 0.666. The lowest BCUT2D eigenvalue weighted by Crippen LogP contribution is -2.29. The van der Waals surface area contributed by atoms with Crippen molar-refractivity contribution < 1.29 is 4.39 Å². The molecule has 1 aromatic rings. The van der Waals surface area contributed by atoms with Crippen molar-refractivity contribution in [2.45, 2.75) is 24.0 Å². The van der Waals surface area contributed by atoms with Crippen LogP contribution in [0.15, 0.2) is 18.2 Å².